The fourth-order valence-corrected chi connectivity index (χ4v) is 15.9. The van der Waals surface area contributed by atoms with Crippen LogP contribution in [0.15, 0.2) is 285 Å². The maximum atomic E-state index is 5.37. The van der Waals surface area contributed by atoms with E-state index in [2.05, 4.69) is 290 Å². The van der Waals surface area contributed by atoms with Crippen molar-refractivity contribution in [3.8, 4) is 75.7 Å². The molecule has 0 radical (unpaired) electrons. The van der Waals surface area contributed by atoms with Crippen LogP contribution in [0.4, 0.5) is 17.1 Å². The maximum absolute atomic E-state index is 5.37. The highest BCUT2D eigenvalue weighted by molar-refractivity contribution is 7.25. The normalized spacial score (nSPS) is 13.7. The standard InChI is InChI=1S/C74H47N3S2/c1-7-24-48(25-8-1)64-47-65(49-26-9-2-10-27-49)76-72(75-64)52-32-23-37-55(42-52)77-66-41-22-21-40-59(66)74(62-45-68(50-28-11-3-12-29-50)78-70(62)71-63(74)46-69(79-71)51-30-13-4-14-31-51)61-43-57-56-38-19-20-39-58(56)73(60(57)44-67(61)77,53-33-15-5-16-34-53)54-35-17-6-18-36-54/h1-47H. The highest BCUT2D eigenvalue weighted by Gasteiger charge is 2.56. The predicted molar refractivity (Wildman–Crippen MR) is 328 cm³/mol. The van der Waals surface area contributed by atoms with Crippen LogP contribution >= 0.6 is 22.7 Å². The van der Waals surface area contributed by atoms with Gasteiger partial charge in [-0.3, -0.25) is 0 Å². The molecule has 370 valence electrons. The van der Waals surface area contributed by atoms with Gasteiger partial charge >= 0.3 is 0 Å². The number of hydrogen-bond donors (Lipinski definition) is 0. The Hall–Kier alpha value is -9.52. The first-order valence-corrected chi connectivity index (χ1v) is 28.6. The molecule has 0 fully saturated rings. The van der Waals surface area contributed by atoms with E-state index in [1.54, 1.807) is 0 Å². The summed E-state index contributed by atoms with van der Waals surface area (Å²) in [5.41, 5.74) is 21.9. The fraction of sp³-hybridized carbons (Fsp3) is 0.0270. The van der Waals surface area contributed by atoms with E-state index in [9.17, 15) is 0 Å². The van der Waals surface area contributed by atoms with E-state index in [0.717, 1.165) is 45.1 Å². The monoisotopic (exact) mass is 1040 g/mol. The van der Waals surface area contributed by atoms with Gasteiger partial charge in [0, 0.05) is 32.1 Å². The summed E-state index contributed by atoms with van der Waals surface area (Å²) in [6, 6.07) is 105. The first kappa shape index (κ1) is 45.7. The van der Waals surface area contributed by atoms with Gasteiger partial charge in [-0.15, -0.1) is 22.7 Å². The van der Waals surface area contributed by atoms with Gasteiger partial charge in [0.15, 0.2) is 5.82 Å². The SMILES string of the molecule is c1ccc(-c2cc(-c3ccccc3)nc(-c3cccc(N4c5ccccc5C5(c6cc7c(cc64)C(c4ccccc4)(c4ccccc4)c4ccccc4-7)c4cc(-c6ccccc6)sc4-c4sc(-c6ccccc6)cc45)c3)n2)cc1. The van der Waals surface area contributed by atoms with Gasteiger partial charge in [0.25, 0.3) is 0 Å². The van der Waals surface area contributed by atoms with Crippen molar-refractivity contribution in [2.75, 3.05) is 4.90 Å². The number of rotatable bonds is 8. The second-order valence-corrected chi connectivity index (χ2v) is 22.8. The number of anilines is 3. The van der Waals surface area contributed by atoms with Gasteiger partial charge in [-0.05, 0) is 115 Å². The van der Waals surface area contributed by atoms with Crippen LogP contribution in [0.2, 0.25) is 0 Å². The van der Waals surface area contributed by atoms with Gasteiger partial charge in [-0.1, -0.05) is 237 Å². The second kappa shape index (κ2) is 18.0. The average Bonchev–Trinajstić information content (AvgIpc) is 4.00. The van der Waals surface area contributed by atoms with Crippen LogP contribution in [0.1, 0.15) is 44.5 Å². The number of para-hydroxylation sites is 1. The van der Waals surface area contributed by atoms with Gasteiger partial charge in [-0.25, -0.2) is 9.97 Å². The van der Waals surface area contributed by atoms with Crippen LogP contribution < -0.4 is 4.90 Å². The molecule has 13 aromatic rings. The van der Waals surface area contributed by atoms with Crippen molar-refractivity contribution in [1.82, 2.24) is 9.97 Å². The van der Waals surface area contributed by atoms with Crippen molar-refractivity contribution in [2.24, 2.45) is 0 Å². The minimum atomic E-state index is -0.690. The molecule has 0 amide bonds. The Morgan fingerprint density at radius 1 is 0.291 bits per heavy atom. The fourth-order valence-electron chi connectivity index (χ4n) is 13.3. The smallest absolute Gasteiger partial charge is 0.160 e. The minimum Gasteiger partial charge on any atom is -0.310 e. The molecule has 2 aliphatic carbocycles. The predicted octanol–water partition coefficient (Wildman–Crippen LogP) is 19.4. The molecule has 0 bridgehead atoms. The van der Waals surface area contributed by atoms with E-state index in [1.807, 2.05) is 22.7 Å². The number of aromatic nitrogens is 2. The van der Waals surface area contributed by atoms with E-state index in [-0.39, 0.29) is 0 Å². The minimum absolute atomic E-state index is 0.627. The number of nitrogens with zero attached hydrogens (tertiary/aromatic N) is 3. The number of thiophene rings is 2. The summed E-state index contributed by atoms with van der Waals surface area (Å²) in [7, 11) is 0. The van der Waals surface area contributed by atoms with Gasteiger partial charge in [-0.2, -0.15) is 0 Å². The van der Waals surface area contributed by atoms with Crippen LogP contribution in [0, 0.1) is 0 Å². The molecule has 1 aliphatic heterocycles. The zero-order valence-corrected chi connectivity index (χ0v) is 44.4. The van der Waals surface area contributed by atoms with E-state index in [4.69, 9.17) is 9.97 Å². The van der Waals surface area contributed by atoms with Crippen LogP contribution in [0.25, 0.3) is 75.7 Å². The largest absolute Gasteiger partial charge is 0.310 e. The quantitative estimate of drug-likeness (QED) is 0.152. The summed E-state index contributed by atoms with van der Waals surface area (Å²) < 4.78 is 0. The van der Waals surface area contributed by atoms with Crippen LogP contribution in [0.5, 0.6) is 0 Å². The molecule has 1 spiro atoms. The zero-order valence-electron chi connectivity index (χ0n) is 42.8. The van der Waals surface area contributed by atoms with E-state index < -0.39 is 10.8 Å². The maximum Gasteiger partial charge on any atom is 0.160 e. The summed E-state index contributed by atoms with van der Waals surface area (Å²) in [6.07, 6.45) is 0. The lowest BCUT2D eigenvalue weighted by Gasteiger charge is -2.45. The number of benzene rings is 10. The Morgan fingerprint density at radius 3 is 1.32 bits per heavy atom. The van der Waals surface area contributed by atoms with Crippen LogP contribution in [0.3, 0.4) is 0 Å². The topological polar surface area (TPSA) is 29.0 Å². The third-order valence-electron chi connectivity index (χ3n) is 16.6. The molecule has 4 heterocycles. The third kappa shape index (κ3) is 6.83. The summed E-state index contributed by atoms with van der Waals surface area (Å²) in [4.78, 5) is 18.5. The zero-order chi connectivity index (χ0) is 52.1. The lowest BCUT2D eigenvalue weighted by atomic mass is 9.63. The Bertz CT molecular complexity index is 4290. The molecular formula is C74H47N3S2. The molecule has 3 nitrogen and oxygen atoms in total. The molecule has 0 atom stereocenters. The van der Waals surface area contributed by atoms with Gasteiger partial charge < -0.3 is 4.90 Å². The molecule has 16 rings (SSSR count). The van der Waals surface area contributed by atoms with Gasteiger partial charge in [0.1, 0.15) is 0 Å². The Labute approximate surface area is 467 Å². The molecule has 0 saturated heterocycles. The summed E-state index contributed by atoms with van der Waals surface area (Å²) in [5.74, 6) is 0.670. The Balaban J connectivity index is 1.01. The average molecular weight is 1040 g/mol. The lowest BCUT2D eigenvalue weighted by Crippen LogP contribution is -2.36. The first-order valence-electron chi connectivity index (χ1n) is 27.0. The number of fused-ring (bicyclic) bond motifs is 12. The van der Waals surface area contributed by atoms with Crippen molar-refractivity contribution >= 4 is 39.7 Å². The molecule has 10 aromatic carbocycles. The molecule has 0 saturated carbocycles. The molecule has 79 heavy (non-hydrogen) atoms. The highest BCUT2D eigenvalue weighted by atomic mass is 32.1. The molecule has 5 heteroatoms. The summed E-state index contributed by atoms with van der Waals surface area (Å²) >= 11 is 3.86. The van der Waals surface area contributed by atoms with Crippen molar-refractivity contribution in [1.29, 1.82) is 0 Å². The molecule has 0 unspecified atom stereocenters. The van der Waals surface area contributed by atoms with Gasteiger partial charge in [0.05, 0.1) is 43.3 Å². The summed E-state index contributed by atoms with van der Waals surface area (Å²) in [6.45, 7) is 0. The van der Waals surface area contributed by atoms with Crippen molar-refractivity contribution in [2.45, 2.75) is 10.8 Å². The summed E-state index contributed by atoms with van der Waals surface area (Å²) in [5, 5.41) is 0. The van der Waals surface area contributed by atoms with Crippen LogP contribution in [-0.4, -0.2) is 9.97 Å². The molecule has 3 aliphatic rings. The van der Waals surface area contributed by atoms with E-state index in [0.29, 0.717) is 5.82 Å². The van der Waals surface area contributed by atoms with E-state index >= 15 is 0 Å². The van der Waals surface area contributed by atoms with Crippen molar-refractivity contribution < 1.29 is 0 Å². The second-order valence-electron chi connectivity index (χ2n) is 20.7. The third-order valence-corrected chi connectivity index (χ3v) is 19.1. The van der Waals surface area contributed by atoms with E-state index in [1.165, 1.54) is 86.3 Å². The molecular weight excluding hydrogens is 995 g/mol. The number of hydrogen-bond acceptors (Lipinski definition) is 5. The van der Waals surface area contributed by atoms with Crippen LogP contribution in [-0.2, 0) is 10.8 Å². The van der Waals surface area contributed by atoms with Gasteiger partial charge in [0.2, 0.25) is 0 Å². The molecule has 3 aromatic heterocycles. The van der Waals surface area contributed by atoms with Crippen molar-refractivity contribution in [3.05, 3.63) is 330 Å². The molecule has 0 N–H and O–H groups in total. The Kier molecular flexibility index (Phi) is 10.4. The van der Waals surface area contributed by atoms with Crippen molar-refractivity contribution in [3.63, 3.8) is 0 Å². The lowest BCUT2D eigenvalue weighted by molar-refractivity contribution is 0.745. The highest BCUT2D eigenvalue weighted by Crippen LogP contribution is 2.69. The first-order chi connectivity index (χ1) is 39.2. The Morgan fingerprint density at radius 2 is 0.759 bits per heavy atom.